The summed E-state index contributed by atoms with van der Waals surface area (Å²) in [4.78, 5) is 12.9. The molecule has 1 aromatic rings. The molecule has 11 heteroatoms. The third-order valence-corrected chi connectivity index (χ3v) is 8.81. The molecule has 8 nitrogen and oxygen atoms in total. The molecular weight excluding hydrogens is 438 g/mol. The van der Waals surface area contributed by atoms with E-state index in [1.807, 2.05) is 0 Å². The topological polar surface area (TPSA) is 104 Å². The van der Waals surface area contributed by atoms with Crippen LogP contribution in [0, 0.1) is 5.92 Å². The van der Waals surface area contributed by atoms with E-state index in [-0.39, 0.29) is 29.9 Å². The van der Waals surface area contributed by atoms with Crippen molar-refractivity contribution in [3.05, 3.63) is 29.3 Å². The number of sulfonamides is 2. The molecule has 0 radical (unpaired) electrons. The number of hydrogen-bond acceptors (Lipinski definition) is 5. The van der Waals surface area contributed by atoms with Crippen LogP contribution in [0.5, 0.6) is 0 Å². The normalized spacial score (nSPS) is 24.9. The molecule has 2 saturated heterocycles. The average Bonchev–Trinajstić information content (AvgIpc) is 2.68. The third kappa shape index (κ3) is 5.49. The zero-order valence-electron chi connectivity index (χ0n) is 16.3. The van der Waals surface area contributed by atoms with E-state index in [0.717, 1.165) is 6.26 Å². The van der Waals surface area contributed by atoms with Crippen molar-refractivity contribution in [3.8, 4) is 0 Å². The van der Waals surface area contributed by atoms with Crippen molar-refractivity contribution in [2.75, 3.05) is 32.4 Å². The minimum atomic E-state index is -3.70. The van der Waals surface area contributed by atoms with Crippen LogP contribution in [0.15, 0.2) is 29.2 Å². The lowest BCUT2D eigenvalue weighted by molar-refractivity contribution is -0.127. The maximum Gasteiger partial charge on any atom is 0.243 e. The molecule has 2 unspecified atom stereocenters. The first-order valence-electron chi connectivity index (χ1n) is 9.58. The van der Waals surface area contributed by atoms with E-state index in [1.165, 1.54) is 32.9 Å². The van der Waals surface area contributed by atoms with Gasteiger partial charge in [-0.25, -0.2) is 21.1 Å². The van der Waals surface area contributed by atoms with Crippen molar-refractivity contribution < 1.29 is 21.6 Å². The number of amides is 1. The van der Waals surface area contributed by atoms with Gasteiger partial charge in [0.1, 0.15) is 0 Å². The average molecular weight is 464 g/mol. The lowest BCUT2D eigenvalue weighted by Crippen LogP contribution is -2.52. The van der Waals surface area contributed by atoms with E-state index in [1.54, 1.807) is 0 Å². The molecule has 0 aliphatic carbocycles. The predicted octanol–water partition coefficient (Wildman–Crippen LogP) is 1.28. The molecule has 2 aliphatic rings. The summed E-state index contributed by atoms with van der Waals surface area (Å²) in [6.45, 7) is 1.19. The van der Waals surface area contributed by atoms with Gasteiger partial charge in [-0.1, -0.05) is 11.6 Å². The van der Waals surface area contributed by atoms with Crippen LogP contribution < -0.4 is 5.32 Å². The van der Waals surface area contributed by atoms with Crippen molar-refractivity contribution in [1.82, 2.24) is 13.9 Å². The smallest absolute Gasteiger partial charge is 0.243 e. The number of nitrogens with zero attached hydrogens (tertiary/aromatic N) is 2. The van der Waals surface area contributed by atoms with Gasteiger partial charge in [-0.05, 0) is 49.9 Å². The molecule has 162 valence electrons. The number of carbonyl (C=O) groups is 1. The fourth-order valence-electron chi connectivity index (χ4n) is 3.81. The van der Waals surface area contributed by atoms with Crippen LogP contribution in [0.4, 0.5) is 0 Å². The molecule has 3 rings (SSSR count). The number of carbonyl (C=O) groups excluding carboxylic acids is 1. The first-order chi connectivity index (χ1) is 13.6. The Morgan fingerprint density at radius 1 is 1.00 bits per heavy atom. The summed E-state index contributed by atoms with van der Waals surface area (Å²) >= 11 is 5.84. The molecular formula is C18H26ClN3O5S2. The van der Waals surface area contributed by atoms with E-state index in [2.05, 4.69) is 5.32 Å². The standard InChI is InChI=1S/C18H26ClN3O5S2/c1-28(24,25)21-10-3-5-16(13-21)20-18(23)14-4-2-11-22(12-14)29(26,27)17-8-6-15(19)7-9-17/h6-9,14,16H,2-5,10-13H2,1H3,(H,20,23). The minimum Gasteiger partial charge on any atom is -0.352 e. The van der Waals surface area contributed by atoms with Crippen molar-refractivity contribution in [1.29, 1.82) is 0 Å². The van der Waals surface area contributed by atoms with E-state index in [0.29, 0.717) is 43.8 Å². The largest absolute Gasteiger partial charge is 0.352 e. The maximum atomic E-state index is 12.9. The quantitative estimate of drug-likeness (QED) is 0.708. The number of nitrogens with one attached hydrogen (secondary N) is 1. The van der Waals surface area contributed by atoms with Gasteiger partial charge in [-0.2, -0.15) is 4.31 Å². The second-order valence-electron chi connectivity index (χ2n) is 7.62. The Hall–Kier alpha value is -1.20. The SMILES string of the molecule is CS(=O)(=O)N1CCCC(NC(=O)C2CCCN(S(=O)(=O)c3ccc(Cl)cc3)C2)C1. The summed E-state index contributed by atoms with van der Waals surface area (Å²) in [6, 6.07) is 5.72. The van der Waals surface area contributed by atoms with Crippen LogP contribution in [0.25, 0.3) is 0 Å². The first-order valence-corrected chi connectivity index (χ1v) is 13.3. The third-order valence-electron chi connectivity index (χ3n) is 5.41. The van der Waals surface area contributed by atoms with Gasteiger partial charge in [0.05, 0.1) is 17.1 Å². The van der Waals surface area contributed by atoms with Gasteiger partial charge >= 0.3 is 0 Å². The molecule has 0 bridgehead atoms. The van der Waals surface area contributed by atoms with Crippen LogP contribution >= 0.6 is 11.6 Å². The second-order valence-corrected chi connectivity index (χ2v) is 12.0. The van der Waals surface area contributed by atoms with Crippen molar-refractivity contribution >= 4 is 37.6 Å². The van der Waals surface area contributed by atoms with Gasteiger partial charge < -0.3 is 5.32 Å². The van der Waals surface area contributed by atoms with Gasteiger partial charge in [0.2, 0.25) is 26.0 Å². The molecule has 0 saturated carbocycles. The fourth-order valence-corrected chi connectivity index (χ4v) is 6.37. The number of hydrogen-bond donors (Lipinski definition) is 1. The molecule has 2 heterocycles. The Bertz CT molecular complexity index is 950. The zero-order valence-corrected chi connectivity index (χ0v) is 18.6. The van der Waals surface area contributed by atoms with E-state index in [9.17, 15) is 21.6 Å². The summed E-state index contributed by atoms with van der Waals surface area (Å²) in [5.74, 6) is -0.680. The Morgan fingerprint density at radius 2 is 1.62 bits per heavy atom. The lowest BCUT2D eigenvalue weighted by atomic mass is 9.97. The van der Waals surface area contributed by atoms with Crippen molar-refractivity contribution in [3.63, 3.8) is 0 Å². The molecule has 1 aromatic carbocycles. The van der Waals surface area contributed by atoms with Crippen molar-refractivity contribution in [2.24, 2.45) is 5.92 Å². The fraction of sp³-hybridized carbons (Fsp3) is 0.611. The van der Waals surface area contributed by atoms with Gasteiger partial charge in [-0.15, -0.1) is 0 Å². The molecule has 2 atom stereocenters. The Balaban J connectivity index is 1.64. The molecule has 2 fully saturated rings. The first kappa shape index (κ1) is 22.5. The van der Waals surface area contributed by atoms with Gasteiger partial charge in [0.25, 0.3) is 0 Å². The highest BCUT2D eigenvalue weighted by atomic mass is 35.5. The van der Waals surface area contributed by atoms with Crippen LogP contribution in [-0.4, -0.2) is 69.8 Å². The van der Waals surface area contributed by atoms with Crippen LogP contribution in [0.3, 0.4) is 0 Å². The number of benzene rings is 1. The Labute approximate surface area is 177 Å². The number of piperidine rings is 2. The summed E-state index contributed by atoms with van der Waals surface area (Å²) in [5.41, 5.74) is 0. The molecule has 1 amide bonds. The van der Waals surface area contributed by atoms with Crippen LogP contribution in [0.1, 0.15) is 25.7 Å². The Kier molecular flexibility index (Phi) is 6.89. The summed E-state index contributed by atoms with van der Waals surface area (Å²) in [6.07, 6.45) is 3.74. The van der Waals surface area contributed by atoms with Gasteiger partial charge in [0.15, 0.2) is 0 Å². The van der Waals surface area contributed by atoms with Crippen LogP contribution in [0.2, 0.25) is 5.02 Å². The van der Waals surface area contributed by atoms with E-state index >= 15 is 0 Å². The number of rotatable bonds is 5. The van der Waals surface area contributed by atoms with Gasteiger partial charge in [-0.3, -0.25) is 4.79 Å². The summed E-state index contributed by atoms with van der Waals surface area (Å²) in [5, 5.41) is 3.38. The monoisotopic (exact) mass is 463 g/mol. The zero-order chi connectivity index (χ0) is 21.2. The van der Waals surface area contributed by atoms with E-state index in [4.69, 9.17) is 11.6 Å². The molecule has 2 aliphatic heterocycles. The highest BCUT2D eigenvalue weighted by Crippen LogP contribution is 2.25. The molecule has 1 N–H and O–H groups in total. The lowest BCUT2D eigenvalue weighted by Gasteiger charge is -2.34. The van der Waals surface area contributed by atoms with E-state index < -0.39 is 26.0 Å². The Morgan fingerprint density at radius 3 is 2.28 bits per heavy atom. The summed E-state index contributed by atoms with van der Waals surface area (Å²) < 4.78 is 52.0. The van der Waals surface area contributed by atoms with Crippen molar-refractivity contribution in [2.45, 2.75) is 36.6 Å². The maximum absolute atomic E-state index is 12.9. The molecule has 0 aromatic heterocycles. The highest BCUT2D eigenvalue weighted by Gasteiger charge is 2.35. The predicted molar refractivity (Wildman–Crippen MR) is 111 cm³/mol. The molecule has 0 spiro atoms. The number of halogens is 1. The summed E-state index contributed by atoms with van der Waals surface area (Å²) in [7, 11) is -7.00. The minimum absolute atomic E-state index is 0.110. The highest BCUT2D eigenvalue weighted by molar-refractivity contribution is 7.89. The van der Waals surface area contributed by atoms with Crippen LogP contribution in [-0.2, 0) is 24.8 Å². The van der Waals surface area contributed by atoms with Gasteiger partial charge in [0, 0.05) is 37.2 Å². The molecule has 29 heavy (non-hydrogen) atoms. The second kappa shape index (κ2) is 8.89.